The SMILES string of the molecule is CC(C)(CF)c1cccc(Cl)c1N1COc2nc(Nc3ccc4c(c3)CCNC4(C)C)ncc2C1=O. The Morgan fingerprint density at radius 3 is 2.86 bits per heavy atom. The van der Waals surface area contributed by atoms with Crippen LogP contribution in [-0.2, 0) is 17.4 Å². The fourth-order valence-electron chi connectivity index (χ4n) is 4.81. The summed E-state index contributed by atoms with van der Waals surface area (Å²) in [6.07, 6.45) is 2.39. The Hall–Kier alpha value is -3.23. The largest absolute Gasteiger partial charge is 0.455 e. The molecular weight excluding hydrogens is 481 g/mol. The van der Waals surface area contributed by atoms with Gasteiger partial charge in [0, 0.05) is 22.8 Å². The van der Waals surface area contributed by atoms with Crippen molar-refractivity contribution in [2.45, 2.75) is 45.1 Å². The van der Waals surface area contributed by atoms with Crippen molar-refractivity contribution >= 4 is 34.8 Å². The van der Waals surface area contributed by atoms with Gasteiger partial charge in [-0.1, -0.05) is 43.6 Å². The first-order valence-corrected chi connectivity index (χ1v) is 12.3. The van der Waals surface area contributed by atoms with E-state index >= 15 is 0 Å². The molecule has 0 spiro atoms. The maximum Gasteiger partial charge on any atom is 0.268 e. The van der Waals surface area contributed by atoms with Crippen LogP contribution in [0.4, 0.5) is 21.7 Å². The lowest BCUT2D eigenvalue weighted by molar-refractivity contribution is 0.0932. The minimum Gasteiger partial charge on any atom is -0.455 e. The Labute approximate surface area is 215 Å². The molecule has 2 aromatic carbocycles. The summed E-state index contributed by atoms with van der Waals surface area (Å²) in [4.78, 5) is 23.6. The summed E-state index contributed by atoms with van der Waals surface area (Å²) in [5.41, 5.74) is 3.79. The van der Waals surface area contributed by atoms with E-state index in [1.54, 1.807) is 32.0 Å². The van der Waals surface area contributed by atoms with Crippen molar-refractivity contribution in [2.24, 2.45) is 0 Å². The Balaban J connectivity index is 1.41. The molecule has 0 radical (unpaired) electrons. The van der Waals surface area contributed by atoms with Crippen LogP contribution in [0.15, 0.2) is 42.6 Å². The lowest BCUT2D eigenvalue weighted by Gasteiger charge is -2.34. The van der Waals surface area contributed by atoms with Gasteiger partial charge >= 0.3 is 0 Å². The van der Waals surface area contributed by atoms with Crippen molar-refractivity contribution < 1.29 is 13.9 Å². The van der Waals surface area contributed by atoms with Crippen molar-refractivity contribution in [3.8, 4) is 5.88 Å². The number of para-hydroxylation sites is 1. The number of carbonyl (C=O) groups is 1. The van der Waals surface area contributed by atoms with Crippen LogP contribution < -0.4 is 20.3 Å². The summed E-state index contributed by atoms with van der Waals surface area (Å²) in [6, 6.07) is 11.4. The second-order valence-electron chi connectivity index (χ2n) is 10.4. The summed E-state index contributed by atoms with van der Waals surface area (Å²) in [5.74, 6) is 0.172. The molecule has 3 heterocycles. The van der Waals surface area contributed by atoms with E-state index in [0.29, 0.717) is 22.2 Å². The highest BCUT2D eigenvalue weighted by Crippen LogP contribution is 2.40. The molecule has 0 atom stereocenters. The molecule has 3 aromatic rings. The van der Waals surface area contributed by atoms with Crippen LogP contribution in [0.3, 0.4) is 0 Å². The molecule has 0 saturated heterocycles. The number of aromatic nitrogens is 2. The summed E-state index contributed by atoms with van der Waals surface area (Å²) >= 11 is 6.48. The number of amides is 1. The van der Waals surface area contributed by atoms with Crippen LogP contribution in [0.2, 0.25) is 5.02 Å². The number of benzene rings is 2. The highest BCUT2D eigenvalue weighted by molar-refractivity contribution is 6.34. The van der Waals surface area contributed by atoms with Crippen LogP contribution in [0.25, 0.3) is 0 Å². The molecule has 9 heteroatoms. The molecule has 5 rings (SSSR count). The molecule has 0 aliphatic carbocycles. The first kappa shape index (κ1) is 24.5. The third-order valence-electron chi connectivity index (χ3n) is 6.88. The Morgan fingerprint density at radius 2 is 2.08 bits per heavy atom. The van der Waals surface area contributed by atoms with Gasteiger partial charge in [0.05, 0.1) is 17.4 Å². The van der Waals surface area contributed by atoms with E-state index in [1.165, 1.54) is 22.2 Å². The van der Waals surface area contributed by atoms with Gasteiger partial charge in [0.2, 0.25) is 11.8 Å². The first-order chi connectivity index (χ1) is 17.1. The molecule has 0 bridgehead atoms. The lowest BCUT2D eigenvalue weighted by atomic mass is 9.84. The molecule has 2 N–H and O–H groups in total. The standard InChI is InChI=1S/C27H29ClFN5O2/c1-26(2,14-29)20-6-5-7-21(28)22(20)34-15-36-23-18(24(34)35)13-30-25(33-23)32-17-8-9-19-16(12-17)10-11-31-27(19,3)4/h5-9,12-13,31H,10-11,14-15H2,1-4H3,(H,30,32,33). The smallest absolute Gasteiger partial charge is 0.268 e. The number of ether oxygens (including phenoxy) is 1. The highest BCUT2D eigenvalue weighted by atomic mass is 35.5. The van der Waals surface area contributed by atoms with E-state index in [9.17, 15) is 9.18 Å². The molecule has 7 nitrogen and oxygen atoms in total. The fourth-order valence-corrected chi connectivity index (χ4v) is 5.09. The van der Waals surface area contributed by atoms with Crippen molar-refractivity contribution in [1.29, 1.82) is 0 Å². The van der Waals surface area contributed by atoms with E-state index in [2.05, 4.69) is 46.6 Å². The van der Waals surface area contributed by atoms with Crippen LogP contribution in [-0.4, -0.2) is 35.8 Å². The monoisotopic (exact) mass is 509 g/mol. The number of hydrogen-bond donors (Lipinski definition) is 2. The van der Waals surface area contributed by atoms with Crippen LogP contribution in [0, 0.1) is 0 Å². The van der Waals surface area contributed by atoms with E-state index in [4.69, 9.17) is 16.3 Å². The number of fused-ring (bicyclic) bond motifs is 2. The molecule has 2 aliphatic rings. The highest BCUT2D eigenvalue weighted by Gasteiger charge is 2.35. The molecule has 0 fully saturated rings. The number of halogens is 2. The normalized spacial score (nSPS) is 16.7. The summed E-state index contributed by atoms with van der Waals surface area (Å²) in [6.45, 7) is 8.10. The summed E-state index contributed by atoms with van der Waals surface area (Å²) in [7, 11) is 0. The van der Waals surface area contributed by atoms with Gasteiger partial charge in [-0.05, 0) is 61.7 Å². The van der Waals surface area contributed by atoms with Gasteiger partial charge < -0.3 is 15.4 Å². The van der Waals surface area contributed by atoms with Crippen LogP contribution in [0.1, 0.15) is 54.7 Å². The van der Waals surface area contributed by atoms with Gasteiger partial charge in [0.15, 0.2) is 6.73 Å². The Kier molecular flexibility index (Phi) is 6.12. The zero-order valence-corrected chi connectivity index (χ0v) is 21.5. The first-order valence-electron chi connectivity index (χ1n) is 11.9. The molecule has 0 saturated carbocycles. The average molecular weight is 510 g/mol. The number of nitrogens with zero attached hydrogens (tertiary/aromatic N) is 3. The quantitative estimate of drug-likeness (QED) is 0.473. The Bertz CT molecular complexity index is 1340. The topological polar surface area (TPSA) is 79.4 Å². The van der Waals surface area contributed by atoms with Crippen molar-refractivity contribution in [3.63, 3.8) is 0 Å². The average Bonchev–Trinajstić information content (AvgIpc) is 2.84. The van der Waals surface area contributed by atoms with E-state index < -0.39 is 12.1 Å². The van der Waals surface area contributed by atoms with E-state index in [0.717, 1.165) is 18.7 Å². The van der Waals surface area contributed by atoms with Crippen molar-refractivity contribution in [3.05, 3.63) is 69.9 Å². The van der Waals surface area contributed by atoms with Gasteiger partial charge in [-0.15, -0.1) is 0 Å². The van der Waals surface area contributed by atoms with Gasteiger partial charge in [0.1, 0.15) is 5.56 Å². The minimum atomic E-state index is -0.828. The number of carbonyl (C=O) groups excluding carboxylic acids is 1. The molecule has 0 unspecified atom stereocenters. The molecular formula is C27H29ClFN5O2. The van der Waals surface area contributed by atoms with Crippen LogP contribution >= 0.6 is 11.6 Å². The lowest BCUT2D eigenvalue weighted by Crippen LogP contribution is -2.42. The number of hydrogen-bond acceptors (Lipinski definition) is 6. The van der Waals surface area contributed by atoms with E-state index in [1.807, 2.05) is 6.07 Å². The number of rotatable bonds is 5. The fraction of sp³-hybridized carbons (Fsp3) is 0.370. The predicted octanol–water partition coefficient (Wildman–Crippen LogP) is 5.50. The molecule has 1 amide bonds. The second-order valence-corrected chi connectivity index (χ2v) is 10.8. The van der Waals surface area contributed by atoms with Gasteiger partial charge in [0.25, 0.3) is 5.91 Å². The number of alkyl halides is 1. The predicted molar refractivity (Wildman–Crippen MR) is 139 cm³/mol. The second kappa shape index (κ2) is 9.01. The number of nitrogens with one attached hydrogen (secondary N) is 2. The molecule has 188 valence electrons. The minimum absolute atomic E-state index is 0.0740. The van der Waals surface area contributed by atoms with Crippen LogP contribution in [0.5, 0.6) is 5.88 Å². The van der Waals surface area contributed by atoms with Gasteiger partial charge in [-0.25, -0.2) is 4.98 Å². The van der Waals surface area contributed by atoms with Crippen molar-refractivity contribution in [1.82, 2.24) is 15.3 Å². The third kappa shape index (κ3) is 4.29. The van der Waals surface area contributed by atoms with Crippen molar-refractivity contribution in [2.75, 3.05) is 30.2 Å². The summed E-state index contributed by atoms with van der Waals surface area (Å²) < 4.78 is 19.7. The van der Waals surface area contributed by atoms with E-state index in [-0.39, 0.29) is 29.6 Å². The maximum atomic E-state index is 13.8. The Morgan fingerprint density at radius 1 is 1.28 bits per heavy atom. The summed E-state index contributed by atoms with van der Waals surface area (Å²) in [5, 5.41) is 7.10. The number of anilines is 3. The maximum absolute atomic E-state index is 13.8. The molecule has 1 aromatic heterocycles. The zero-order valence-electron chi connectivity index (χ0n) is 20.8. The van der Waals surface area contributed by atoms with Gasteiger partial charge in [-0.3, -0.25) is 14.1 Å². The molecule has 36 heavy (non-hydrogen) atoms. The zero-order chi connectivity index (χ0) is 25.7. The van der Waals surface area contributed by atoms with Gasteiger partial charge in [-0.2, -0.15) is 4.98 Å². The molecule has 2 aliphatic heterocycles. The third-order valence-corrected chi connectivity index (χ3v) is 7.18.